The molecule has 0 radical (unpaired) electrons. The molecule has 1 fully saturated rings. The molecule has 1 aromatic rings. The molecule has 0 spiro atoms. The van der Waals surface area contributed by atoms with Gasteiger partial charge in [-0.05, 0) is 37.7 Å². The van der Waals surface area contributed by atoms with E-state index in [2.05, 4.69) is 10.9 Å². The van der Waals surface area contributed by atoms with E-state index in [1.807, 2.05) is 26.0 Å². The number of carboxylic acid groups (broad SMARTS) is 1. The zero-order valence-corrected chi connectivity index (χ0v) is 13.6. The van der Waals surface area contributed by atoms with Crippen LogP contribution in [0.25, 0.3) is 0 Å². The van der Waals surface area contributed by atoms with Crippen LogP contribution in [-0.4, -0.2) is 22.9 Å². The van der Waals surface area contributed by atoms with E-state index in [-0.39, 0.29) is 17.7 Å². The van der Waals surface area contributed by atoms with Gasteiger partial charge in [0.1, 0.15) is 0 Å². The van der Waals surface area contributed by atoms with E-state index in [9.17, 15) is 19.5 Å². The Morgan fingerprint density at radius 1 is 1.13 bits per heavy atom. The van der Waals surface area contributed by atoms with Crippen molar-refractivity contribution in [3.05, 3.63) is 33.5 Å². The molecule has 1 aromatic heterocycles. The maximum atomic E-state index is 12.4. The Hall–Kier alpha value is -2.15. The minimum Gasteiger partial charge on any atom is -0.481 e. The number of amides is 2. The highest BCUT2D eigenvalue weighted by Crippen LogP contribution is 2.48. The number of hydrogen-bond donors (Lipinski definition) is 3. The minimum atomic E-state index is -0.961. The topological polar surface area (TPSA) is 95.5 Å². The first-order valence-electron chi connectivity index (χ1n) is 7.46. The largest absolute Gasteiger partial charge is 0.481 e. The average molecular weight is 334 g/mol. The number of carbonyl (C=O) groups is 3. The number of allylic oxidation sites excluding steroid dienone is 2. The highest BCUT2D eigenvalue weighted by Gasteiger charge is 2.51. The summed E-state index contributed by atoms with van der Waals surface area (Å²) in [6, 6.07) is 0. The van der Waals surface area contributed by atoms with Gasteiger partial charge in [0.25, 0.3) is 5.91 Å². The SMILES string of the molecule is Cc1scc(C(=O)NNC(=O)[C@H]2[C@@H](C(=O)O)[C@@H]3C=C[C@H]2C3)c1C. The lowest BCUT2D eigenvalue weighted by atomic mass is 9.82. The Bertz CT molecular complexity index is 709. The molecule has 2 bridgehead atoms. The Balaban J connectivity index is 1.66. The van der Waals surface area contributed by atoms with Gasteiger partial charge in [0.15, 0.2) is 0 Å². The van der Waals surface area contributed by atoms with Crippen LogP contribution in [0.3, 0.4) is 0 Å². The Morgan fingerprint density at radius 2 is 1.78 bits per heavy atom. The van der Waals surface area contributed by atoms with Crippen LogP contribution in [0.1, 0.15) is 27.2 Å². The maximum absolute atomic E-state index is 12.4. The number of thiophene rings is 1. The molecule has 1 saturated carbocycles. The van der Waals surface area contributed by atoms with Gasteiger partial charge in [-0.2, -0.15) is 0 Å². The smallest absolute Gasteiger partial charge is 0.307 e. The molecule has 6 nitrogen and oxygen atoms in total. The van der Waals surface area contributed by atoms with Crippen molar-refractivity contribution in [2.75, 3.05) is 0 Å². The first-order valence-corrected chi connectivity index (χ1v) is 8.34. The van der Waals surface area contributed by atoms with Crippen molar-refractivity contribution in [3.8, 4) is 0 Å². The van der Waals surface area contributed by atoms with Crippen LogP contribution < -0.4 is 10.9 Å². The van der Waals surface area contributed by atoms with Crippen molar-refractivity contribution < 1.29 is 19.5 Å². The van der Waals surface area contributed by atoms with Crippen molar-refractivity contribution in [1.29, 1.82) is 0 Å². The minimum absolute atomic E-state index is 0.0665. The number of carboxylic acids is 1. The van der Waals surface area contributed by atoms with Crippen LogP contribution >= 0.6 is 11.3 Å². The summed E-state index contributed by atoms with van der Waals surface area (Å²) in [7, 11) is 0. The number of fused-ring (bicyclic) bond motifs is 2. The molecule has 2 aliphatic rings. The summed E-state index contributed by atoms with van der Waals surface area (Å²) in [6.07, 6.45) is 4.47. The van der Waals surface area contributed by atoms with E-state index in [1.165, 1.54) is 11.3 Å². The summed E-state index contributed by atoms with van der Waals surface area (Å²) in [5.41, 5.74) is 6.20. The molecule has 3 N–H and O–H groups in total. The van der Waals surface area contributed by atoms with E-state index in [1.54, 1.807) is 5.38 Å². The first kappa shape index (κ1) is 15.7. The number of aliphatic carboxylic acids is 1. The second kappa shape index (κ2) is 5.81. The van der Waals surface area contributed by atoms with Crippen molar-refractivity contribution in [2.45, 2.75) is 20.3 Å². The second-order valence-corrected chi connectivity index (χ2v) is 7.20. The predicted octanol–water partition coefficient (Wildman–Crippen LogP) is 1.65. The van der Waals surface area contributed by atoms with Crippen molar-refractivity contribution in [2.24, 2.45) is 23.7 Å². The molecule has 3 rings (SSSR count). The predicted molar refractivity (Wildman–Crippen MR) is 84.8 cm³/mol. The highest BCUT2D eigenvalue weighted by atomic mass is 32.1. The first-order chi connectivity index (χ1) is 10.9. The van der Waals surface area contributed by atoms with Crippen molar-refractivity contribution in [1.82, 2.24) is 10.9 Å². The number of carbonyl (C=O) groups excluding carboxylic acids is 2. The normalized spacial score (nSPS) is 27.9. The maximum Gasteiger partial charge on any atom is 0.307 e. The summed E-state index contributed by atoms with van der Waals surface area (Å²) in [6.45, 7) is 3.78. The molecule has 2 amide bonds. The molecule has 7 heteroatoms. The van der Waals surface area contributed by atoms with E-state index < -0.39 is 23.7 Å². The summed E-state index contributed by atoms with van der Waals surface area (Å²) < 4.78 is 0. The van der Waals surface area contributed by atoms with Gasteiger partial charge in [0.05, 0.1) is 17.4 Å². The number of aryl methyl sites for hydroxylation is 1. The number of hydrazine groups is 1. The van der Waals surface area contributed by atoms with Crippen molar-refractivity contribution >= 4 is 29.1 Å². The van der Waals surface area contributed by atoms with Crippen LogP contribution in [0.15, 0.2) is 17.5 Å². The zero-order chi connectivity index (χ0) is 16.7. The molecule has 0 unspecified atom stereocenters. The Morgan fingerprint density at radius 3 is 2.35 bits per heavy atom. The van der Waals surface area contributed by atoms with Crippen LogP contribution in [-0.2, 0) is 9.59 Å². The third-order valence-corrected chi connectivity index (χ3v) is 5.89. The van der Waals surface area contributed by atoms with Gasteiger partial charge in [-0.3, -0.25) is 25.2 Å². The molecule has 122 valence electrons. The number of hydrogen-bond acceptors (Lipinski definition) is 4. The van der Waals surface area contributed by atoms with E-state index >= 15 is 0 Å². The molecule has 0 aromatic carbocycles. The quantitative estimate of drug-likeness (QED) is 0.578. The fourth-order valence-corrected chi connectivity index (χ4v) is 4.39. The molecule has 23 heavy (non-hydrogen) atoms. The van der Waals surface area contributed by atoms with Crippen LogP contribution in [0.2, 0.25) is 0 Å². The van der Waals surface area contributed by atoms with Crippen LogP contribution in [0, 0.1) is 37.5 Å². The van der Waals surface area contributed by atoms with Gasteiger partial charge in [-0.25, -0.2) is 0 Å². The highest BCUT2D eigenvalue weighted by molar-refractivity contribution is 7.10. The molecular formula is C16H18N2O4S. The van der Waals surface area contributed by atoms with Gasteiger partial charge >= 0.3 is 5.97 Å². The van der Waals surface area contributed by atoms with Gasteiger partial charge in [0.2, 0.25) is 5.91 Å². The van der Waals surface area contributed by atoms with Crippen LogP contribution in [0.5, 0.6) is 0 Å². The summed E-state index contributed by atoms with van der Waals surface area (Å²) in [5.74, 6) is -3.29. The average Bonchev–Trinajstić information content (AvgIpc) is 3.20. The molecule has 0 aliphatic heterocycles. The summed E-state index contributed by atoms with van der Waals surface area (Å²) in [5, 5.41) is 11.1. The Kier molecular flexibility index (Phi) is 3.97. The standard InChI is InChI=1S/C16H18N2O4S/c1-7-8(2)23-6-11(7)14(19)17-18-15(20)12-9-3-4-10(5-9)13(12)16(21)22/h3-4,6,9-10,12-13H,5H2,1-2H3,(H,17,19)(H,18,20)(H,21,22)/t9-,10+,12+,13-/m0/s1. The molecule has 2 aliphatic carbocycles. The van der Waals surface area contributed by atoms with Crippen LogP contribution in [0.4, 0.5) is 0 Å². The summed E-state index contributed by atoms with van der Waals surface area (Å²) >= 11 is 1.47. The van der Waals surface area contributed by atoms with Gasteiger partial charge < -0.3 is 5.11 Å². The van der Waals surface area contributed by atoms with Gasteiger partial charge in [-0.15, -0.1) is 11.3 Å². The lowest BCUT2D eigenvalue weighted by molar-refractivity contribution is -0.148. The van der Waals surface area contributed by atoms with Gasteiger partial charge in [-0.1, -0.05) is 12.2 Å². The number of rotatable bonds is 3. The van der Waals surface area contributed by atoms with Gasteiger partial charge in [0, 0.05) is 10.3 Å². The van der Waals surface area contributed by atoms with E-state index in [0.717, 1.165) is 10.4 Å². The second-order valence-electron chi connectivity index (χ2n) is 6.11. The third-order valence-electron chi connectivity index (χ3n) is 4.88. The lowest BCUT2D eigenvalue weighted by Crippen LogP contribution is -2.48. The molecule has 4 atom stereocenters. The monoisotopic (exact) mass is 334 g/mol. The van der Waals surface area contributed by atoms with E-state index in [4.69, 9.17) is 0 Å². The fraction of sp³-hybridized carbons (Fsp3) is 0.438. The fourth-order valence-electron chi connectivity index (χ4n) is 3.52. The third kappa shape index (κ3) is 2.65. The molecular weight excluding hydrogens is 316 g/mol. The lowest BCUT2D eigenvalue weighted by Gasteiger charge is -2.23. The zero-order valence-electron chi connectivity index (χ0n) is 12.8. The van der Waals surface area contributed by atoms with Crippen molar-refractivity contribution in [3.63, 3.8) is 0 Å². The van der Waals surface area contributed by atoms with E-state index in [0.29, 0.717) is 12.0 Å². The molecule has 1 heterocycles. The summed E-state index contributed by atoms with van der Waals surface area (Å²) in [4.78, 5) is 36.9. The molecule has 0 saturated heterocycles. The number of nitrogens with one attached hydrogen (secondary N) is 2. The Labute approximate surface area is 137 Å².